The van der Waals surface area contributed by atoms with E-state index in [2.05, 4.69) is 27.7 Å². The van der Waals surface area contributed by atoms with Crippen LogP contribution in [0.2, 0.25) is 0 Å². The molecule has 3 atom stereocenters. The van der Waals surface area contributed by atoms with Crippen LogP contribution in [0.15, 0.2) is 0 Å². The first kappa shape index (κ1) is 24.7. The van der Waals surface area contributed by atoms with Crippen molar-refractivity contribution >= 4 is 12.1 Å². The second kappa shape index (κ2) is 13.0. The molecule has 0 aliphatic carbocycles. The van der Waals surface area contributed by atoms with Gasteiger partial charge in [0.2, 0.25) is 0 Å². The monoisotopic (exact) mass is 372 g/mol. The number of ether oxygens (including phenoxy) is 3. The van der Waals surface area contributed by atoms with Crippen molar-refractivity contribution in [1.29, 1.82) is 0 Å². The maximum Gasteiger partial charge on any atom is 0.508 e. The molecule has 0 amide bonds. The first-order valence-electron chi connectivity index (χ1n) is 10.3. The van der Waals surface area contributed by atoms with Gasteiger partial charge < -0.3 is 14.2 Å². The zero-order valence-corrected chi connectivity index (χ0v) is 17.9. The van der Waals surface area contributed by atoms with Gasteiger partial charge in [-0.3, -0.25) is 4.79 Å². The van der Waals surface area contributed by atoms with Gasteiger partial charge in [-0.2, -0.15) is 0 Å². The largest absolute Gasteiger partial charge is 0.508 e. The van der Waals surface area contributed by atoms with Crippen molar-refractivity contribution in [3.63, 3.8) is 0 Å². The van der Waals surface area contributed by atoms with Crippen molar-refractivity contribution in [2.45, 2.75) is 93.1 Å². The Morgan fingerprint density at radius 1 is 0.962 bits per heavy atom. The van der Waals surface area contributed by atoms with Crippen LogP contribution in [0.1, 0.15) is 87.0 Å². The van der Waals surface area contributed by atoms with Crippen LogP contribution < -0.4 is 0 Å². The molecule has 0 N–H and O–H groups in total. The molecule has 0 saturated carbocycles. The number of carbonyl (C=O) groups excluding carboxylic acids is 2. The fraction of sp³-hybridized carbons (Fsp3) is 0.905. The summed E-state index contributed by atoms with van der Waals surface area (Å²) in [6.07, 6.45) is 3.45. The normalized spacial score (nSPS) is 15.8. The summed E-state index contributed by atoms with van der Waals surface area (Å²) in [6, 6.07) is 0. The molecule has 0 aliphatic heterocycles. The molecule has 0 saturated heterocycles. The van der Waals surface area contributed by atoms with Gasteiger partial charge in [-0.1, -0.05) is 53.9 Å². The lowest BCUT2D eigenvalue weighted by Gasteiger charge is -2.40. The Kier molecular flexibility index (Phi) is 12.4. The van der Waals surface area contributed by atoms with Gasteiger partial charge in [-0.05, 0) is 44.9 Å². The van der Waals surface area contributed by atoms with Crippen LogP contribution in [0.25, 0.3) is 0 Å². The minimum atomic E-state index is -0.830. The summed E-state index contributed by atoms with van der Waals surface area (Å²) in [4.78, 5) is 25.1. The van der Waals surface area contributed by atoms with Gasteiger partial charge in [0.25, 0.3) is 0 Å². The van der Waals surface area contributed by atoms with Crippen LogP contribution in [-0.2, 0) is 19.0 Å². The number of hydrogen-bond acceptors (Lipinski definition) is 5. The van der Waals surface area contributed by atoms with Crippen LogP contribution in [0.4, 0.5) is 4.79 Å². The number of carbonyl (C=O) groups is 2. The van der Waals surface area contributed by atoms with Crippen LogP contribution in [-0.4, -0.2) is 31.4 Å². The molecule has 0 radical (unpaired) electrons. The zero-order valence-electron chi connectivity index (χ0n) is 17.9. The Morgan fingerprint density at radius 2 is 1.58 bits per heavy atom. The van der Waals surface area contributed by atoms with Gasteiger partial charge in [0, 0.05) is 0 Å². The minimum Gasteiger partial charge on any atom is -0.465 e. The van der Waals surface area contributed by atoms with E-state index in [9.17, 15) is 9.59 Å². The quantitative estimate of drug-likeness (QED) is 0.385. The van der Waals surface area contributed by atoms with Gasteiger partial charge in [0.15, 0.2) is 0 Å². The van der Waals surface area contributed by atoms with Crippen LogP contribution >= 0.6 is 0 Å². The highest BCUT2D eigenvalue weighted by Crippen LogP contribution is 2.42. The maximum absolute atomic E-state index is 13.1. The average Bonchev–Trinajstić information content (AvgIpc) is 2.60. The summed E-state index contributed by atoms with van der Waals surface area (Å²) >= 11 is 0. The topological polar surface area (TPSA) is 61.8 Å². The highest BCUT2D eigenvalue weighted by Gasteiger charge is 2.49. The summed E-state index contributed by atoms with van der Waals surface area (Å²) in [5.74, 6) is 0.538. The van der Waals surface area contributed by atoms with Crippen LogP contribution in [0.3, 0.4) is 0 Å². The predicted octanol–water partition coefficient (Wildman–Crippen LogP) is 5.75. The molecule has 5 heteroatoms. The van der Waals surface area contributed by atoms with E-state index in [4.69, 9.17) is 14.2 Å². The molecule has 0 rings (SSSR count). The Balaban J connectivity index is 5.87. The Morgan fingerprint density at radius 3 is 2.00 bits per heavy atom. The second-order valence-electron chi connectivity index (χ2n) is 7.28. The lowest BCUT2D eigenvalue weighted by atomic mass is 9.68. The maximum atomic E-state index is 13.1. The first-order valence-corrected chi connectivity index (χ1v) is 10.3. The Hall–Kier alpha value is -1.26. The first-order chi connectivity index (χ1) is 12.3. The van der Waals surface area contributed by atoms with E-state index in [1.54, 1.807) is 6.92 Å². The molecule has 154 valence electrons. The second-order valence-corrected chi connectivity index (χ2v) is 7.28. The van der Waals surface area contributed by atoms with Crippen LogP contribution in [0.5, 0.6) is 0 Å². The smallest absolute Gasteiger partial charge is 0.465 e. The molecule has 5 nitrogen and oxygen atoms in total. The predicted molar refractivity (Wildman–Crippen MR) is 104 cm³/mol. The van der Waals surface area contributed by atoms with Crippen molar-refractivity contribution in [3.05, 3.63) is 0 Å². The molecule has 0 fully saturated rings. The Bertz CT molecular complexity index is 407. The number of rotatable bonds is 13. The summed E-state index contributed by atoms with van der Waals surface area (Å²) < 4.78 is 16.1. The highest BCUT2D eigenvalue weighted by molar-refractivity contribution is 5.78. The van der Waals surface area contributed by atoms with Crippen molar-refractivity contribution in [2.24, 2.45) is 17.3 Å². The molecule has 3 unspecified atom stereocenters. The SMILES string of the molecule is CCCCC(OC(=O)OCC)C(CC)(CC(CC)C(C)C)C(=O)OCC. The molecule has 0 heterocycles. The van der Waals surface area contributed by atoms with E-state index in [0.717, 1.165) is 19.3 Å². The third-order valence-electron chi connectivity index (χ3n) is 5.34. The molecular formula is C21H40O5. The molecule has 0 aliphatic rings. The lowest BCUT2D eigenvalue weighted by molar-refractivity contribution is -0.168. The third kappa shape index (κ3) is 7.16. The van der Waals surface area contributed by atoms with E-state index in [0.29, 0.717) is 37.7 Å². The Labute approximate surface area is 160 Å². The van der Waals surface area contributed by atoms with Crippen molar-refractivity contribution in [1.82, 2.24) is 0 Å². The fourth-order valence-electron chi connectivity index (χ4n) is 3.56. The highest BCUT2D eigenvalue weighted by atomic mass is 16.7. The summed E-state index contributed by atoms with van der Waals surface area (Å²) in [5, 5.41) is 0. The van der Waals surface area contributed by atoms with E-state index in [1.807, 2.05) is 13.8 Å². The van der Waals surface area contributed by atoms with Gasteiger partial charge in [-0.25, -0.2) is 4.79 Å². The van der Waals surface area contributed by atoms with Crippen molar-refractivity contribution in [3.8, 4) is 0 Å². The molecular weight excluding hydrogens is 332 g/mol. The number of unbranched alkanes of at least 4 members (excludes halogenated alkanes) is 1. The van der Waals surface area contributed by atoms with Gasteiger partial charge in [0.1, 0.15) is 11.5 Å². The number of hydrogen-bond donors (Lipinski definition) is 0. The molecule has 0 spiro atoms. The van der Waals surface area contributed by atoms with E-state index in [1.165, 1.54) is 0 Å². The minimum absolute atomic E-state index is 0.251. The average molecular weight is 373 g/mol. The van der Waals surface area contributed by atoms with E-state index in [-0.39, 0.29) is 12.6 Å². The van der Waals surface area contributed by atoms with Crippen LogP contribution in [0, 0.1) is 17.3 Å². The van der Waals surface area contributed by atoms with Gasteiger partial charge >= 0.3 is 12.1 Å². The molecule has 0 bridgehead atoms. The van der Waals surface area contributed by atoms with Gasteiger partial charge in [0.05, 0.1) is 13.2 Å². The van der Waals surface area contributed by atoms with Crippen molar-refractivity contribution in [2.75, 3.05) is 13.2 Å². The summed E-state index contributed by atoms with van der Waals surface area (Å²) in [6.45, 7) is 14.7. The fourth-order valence-corrected chi connectivity index (χ4v) is 3.56. The third-order valence-corrected chi connectivity index (χ3v) is 5.34. The van der Waals surface area contributed by atoms with Crippen molar-refractivity contribution < 1.29 is 23.8 Å². The lowest BCUT2D eigenvalue weighted by Crippen LogP contribution is -2.47. The molecule has 0 aromatic heterocycles. The number of esters is 1. The van der Waals surface area contributed by atoms with E-state index >= 15 is 0 Å². The summed E-state index contributed by atoms with van der Waals surface area (Å²) in [5.41, 5.74) is -0.830. The standard InChI is InChI=1S/C21H40O5/c1-8-13-14-18(26-20(23)25-12-5)21(10-3,19(22)24-11-4)15-17(9-2)16(6)7/h16-18H,8-15H2,1-7H3. The van der Waals surface area contributed by atoms with Gasteiger partial charge in [-0.15, -0.1) is 0 Å². The molecule has 0 aromatic carbocycles. The zero-order chi connectivity index (χ0) is 20.2. The molecule has 0 aromatic rings. The summed E-state index contributed by atoms with van der Waals surface area (Å²) in [7, 11) is 0. The van der Waals surface area contributed by atoms with E-state index < -0.39 is 17.7 Å². The molecule has 26 heavy (non-hydrogen) atoms.